The summed E-state index contributed by atoms with van der Waals surface area (Å²) in [5, 5.41) is 10.5. The van der Waals surface area contributed by atoms with Gasteiger partial charge in [0.15, 0.2) is 0 Å². The Kier molecular flexibility index (Phi) is 2.90. The zero-order valence-electron chi connectivity index (χ0n) is 11.2. The SMILES string of the molecule is Cc1cc(C)c(C(O)C2Cc3ccccc32)c(F)c1. The lowest BCUT2D eigenvalue weighted by Crippen LogP contribution is -2.24. The molecule has 0 spiro atoms. The van der Waals surface area contributed by atoms with Crippen LogP contribution in [-0.2, 0) is 6.42 Å². The summed E-state index contributed by atoms with van der Waals surface area (Å²) in [7, 11) is 0. The Morgan fingerprint density at radius 3 is 2.63 bits per heavy atom. The maximum atomic E-state index is 14.1. The number of hydrogen-bond acceptors (Lipinski definition) is 1. The van der Waals surface area contributed by atoms with E-state index in [4.69, 9.17) is 0 Å². The largest absolute Gasteiger partial charge is 0.388 e. The van der Waals surface area contributed by atoms with E-state index in [-0.39, 0.29) is 11.7 Å². The van der Waals surface area contributed by atoms with Gasteiger partial charge in [0.05, 0.1) is 6.10 Å². The third kappa shape index (κ3) is 1.96. The second kappa shape index (κ2) is 4.46. The molecule has 0 heterocycles. The molecule has 2 unspecified atom stereocenters. The molecule has 0 saturated carbocycles. The molecule has 2 aromatic rings. The van der Waals surface area contributed by atoms with Crippen LogP contribution in [0, 0.1) is 19.7 Å². The summed E-state index contributed by atoms with van der Waals surface area (Å²) in [5.41, 5.74) is 4.57. The number of fused-ring (bicyclic) bond motifs is 1. The number of halogens is 1. The van der Waals surface area contributed by atoms with Gasteiger partial charge in [0.1, 0.15) is 5.82 Å². The molecule has 3 rings (SSSR count). The van der Waals surface area contributed by atoms with Gasteiger partial charge in [-0.05, 0) is 48.6 Å². The fourth-order valence-electron chi connectivity index (χ4n) is 3.08. The molecule has 1 aliphatic rings. The van der Waals surface area contributed by atoms with Crippen molar-refractivity contribution in [1.29, 1.82) is 0 Å². The molecule has 19 heavy (non-hydrogen) atoms. The van der Waals surface area contributed by atoms with Crippen molar-refractivity contribution >= 4 is 0 Å². The fourth-order valence-corrected chi connectivity index (χ4v) is 3.08. The fraction of sp³-hybridized carbons (Fsp3) is 0.294. The van der Waals surface area contributed by atoms with Crippen molar-refractivity contribution in [3.63, 3.8) is 0 Å². The lowest BCUT2D eigenvalue weighted by atomic mass is 9.72. The maximum Gasteiger partial charge on any atom is 0.129 e. The van der Waals surface area contributed by atoms with Crippen LogP contribution in [0.3, 0.4) is 0 Å². The minimum Gasteiger partial charge on any atom is -0.388 e. The Labute approximate surface area is 112 Å². The highest BCUT2D eigenvalue weighted by Gasteiger charge is 2.34. The normalized spacial score (nSPS) is 18.6. The smallest absolute Gasteiger partial charge is 0.129 e. The van der Waals surface area contributed by atoms with Crippen molar-refractivity contribution in [1.82, 2.24) is 0 Å². The molecule has 0 fully saturated rings. The second-order valence-electron chi connectivity index (χ2n) is 5.43. The monoisotopic (exact) mass is 256 g/mol. The van der Waals surface area contributed by atoms with Crippen LogP contribution in [0.4, 0.5) is 4.39 Å². The van der Waals surface area contributed by atoms with Crippen LogP contribution in [-0.4, -0.2) is 5.11 Å². The summed E-state index contributed by atoms with van der Waals surface area (Å²) in [4.78, 5) is 0. The van der Waals surface area contributed by atoms with Crippen molar-refractivity contribution < 1.29 is 9.50 Å². The van der Waals surface area contributed by atoms with Gasteiger partial charge in [-0.15, -0.1) is 0 Å². The third-order valence-corrected chi connectivity index (χ3v) is 4.05. The standard InChI is InChI=1S/C17H17FO/c1-10-7-11(2)16(15(18)8-10)17(19)14-9-12-5-3-4-6-13(12)14/h3-8,14,17,19H,9H2,1-2H3. The van der Waals surface area contributed by atoms with Crippen LogP contribution < -0.4 is 0 Å². The number of benzene rings is 2. The highest BCUT2D eigenvalue weighted by Crippen LogP contribution is 2.44. The number of rotatable bonds is 2. The quantitative estimate of drug-likeness (QED) is 0.866. The predicted octanol–water partition coefficient (Wildman–Crippen LogP) is 3.82. The van der Waals surface area contributed by atoms with E-state index in [0.717, 1.165) is 23.1 Å². The van der Waals surface area contributed by atoms with E-state index in [1.165, 1.54) is 11.6 Å². The Balaban J connectivity index is 1.97. The summed E-state index contributed by atoms with van der Waals surface area (Å²) in [6, 6.07) is 11.5. The van der Waals surface area contributed by atoms with E-state index in [9.17, 15) is 9.50 Å². The summed E-state index contributed by atoms with van der Waals surface area (Å²) >= 11 is 0. The molecule has 1 N–H and O–H groups in total. The van der Waals surface area contributed by atoms with Gasteiger partial charge in [0.25, 0.3) is 0 Å². The van der Waals surface area contributed by atoms with Crippen molar-refractivity contribution in [3.8, 4) is 0 Å². The molecule has 0 radical (unpaired) electrons. The van der Waals surface area contributed by atoms with Crippen LogP contribution in [0.15, 0.2) is 36.4 Å². The van der Waals surface area contributed by atoms with Gasteiger partial charge in [-0.25, -0.2) is 4.39 Å². The van der Waals surface area contributed by atoms with Gasteiger partial charge in [0, 0.05) is 11.5 Å². The van der Waals surface area contributed by atoms with E-state index in [2.05, 4.69) is 6.07 Å². The minimum absolute atomic E-state index is 0.0205. The molecule has 2 aromatic carbocycles. The first-order valence-corrected chi connectivity index (χ1v) is 6.60. The molecule has 0 amide bonds. The van der Waals surface area contributed by atoms with Crippen molar-refractivity contribution in [2.75, 3.05) is 0 Å². The molecule has 0 aromatic heterocycles. The molecule has 0 saturated heterocycles. The first-order valence-electron chi connectivity index (χ1n) is 6.60. The van der Waals surface area contributed by atoms with Gasteiger partial charge >= 0.3 is 0 Å². The first-order chi connectivity index (χ1) is 9.08. The number of aliphatic hydroxyl groups excluding tert-OH is 1. The maximum absolute atomic E-state index is 14.1. The third-order valence-electron chi connectivity index (χ3n) is 4.05. The van der Waals surface area contributed by atoms with Crippen molar-refractivity contribution in [2.24, 2.45) is 0 Å². The summed E-state index contributed by atoms with van der Waals surface area (Å²) < 4.78 is 14.1. The van der Waals surface area contributed by atoms with E-state index >= 15 is 0 Å². The van der Waals surface area contributed by atoms with Crippen LogP contribution in [0.1, 0.15) is 39.8 Å². The minimum atomic E-state index is -0.754. The van der Waals surface area contributed by atoms with Gasteiger partial charge in [-0.2, -0.15) is 0 Å². The molecule has 1 nitrogen and oxygen atoms in total. The van der Waals surface area contributed by atoms with E-state index in [1.54, 1.807) is 0 Å². The Morgan fingerprint density at radius 1 is 1.21 bits per heavy atom. The van der Waals surface area contributed by atoms with Gasteiger partial charge < -0.3 is 5.11 Å². The number of aryl methyl sites for hydroxylation is 2. The summed E-state index contributed by atoms with van der Waals surface area (Å²) in [6.07, 6.45) is 0.0693. The zero-order chi connectivity index (χ0) is 13.6. The summed E-state index contributed by atoms with van der Waals surface area (Å²) in [6.45, 7) is 3.73. The molecule has 2 heteroatoms. The average Bonchev–Trinajstić information content (AvgIpc) is 2.29. The van der Waals surface area contributed by atoms with E-state index in [0.29, 0.717) is 5.56 Å². The van der Waals surface area contributed by atoms with Crippen LogP contribution in [0.5, 0.6) is 0 Å². The molecule has 1 aliphatic carbocycles. The number of aliphatic hydroxyl groups is 1. The first kappa shape index (κ1) is 12.4. The average molecular weight is 256 g/mol. The highest BCUT2D eigenvalue weighted by atomic mass is 19.1. The van der Waals surface area contributed by atoms with Gasteiger partial charge in [-0.3, -0.25) is 0 Å². The number of hydrogen-bond donors (Lipinski definition) is 1. The lowest BCUT2D eigenvalue weighted by molar-refractivity contribution is 0.130. The Morgan fingerprint density at radius 2 is 1.95 bits per heavy atom. The molecule has 98 valence electrons. The topological polar surface area (TPSA) is 20.2 Å². The molecule has 2 atom stereocenters. The Hall–Kier alpha value is -1.67. The van der Waals surface area contributed by atoms with Crippen molar-refractivity contribution in [3.05, 3.63) is 70.0 Å². The Bertz CT molecular complexity index is 610. The second-order valence-corrected chi connectivity index (χ2v) is 5.43. The lowest BCUT2D eigenvalue weighted by Gasteiger charge is -2.34. The van der Waals surface area contributed by atoms with E-state index in [1.807, 2.05) is 38.1 Å². The molecular weight excluding hydrogens is 239 g/mol. The van der Waals surface area contributed by atoms with Gasteiger partial charge in [-0.1, -0.05) is 30.3 Å². The van der Waals surface area contributed by atoms with Crippen LogP contribution >= 0.6 is 0 Å². The van der Waals surface area contributed by atoms with E-state index < -0.39 is 6.10 Å². The molecule has 0 aliphatic heterocycles. The zero-order valence-corrected chi connectivity index (χ0v) is 11.2. The highest BCUT2D eigenvalue weighted by molar-refractivity contribution is 5.44. The van der Waals surface area contributed by atoms with Gasteiger partial charge in [0.2, 0.25) is 0 Å². The van der Waals surface area contributed by atoms with Crippen LogP contribution in [0.25, 0.3) is 0 Å². The molecular formula is C17H17FO. The molecule has 0 bridgehead atoms. The summed E-state index contributed by atoms with van der Waals surface area (Å²) in [5.74, 6) is -0.276. The van der Waals surface area contributed by atoms with Crippen LogP contribution in [0.2, 0.25) is 0 Å². The van der Waals surface area contributed by atoms with Crippen molar-refractivity contribution in [2.45, 2.75) is 32.3 Å². The predicted molar refractivity (Wildman–Crippen MR) is 73.7 cm³/mol.